The van der Waals surface area contributed by atoms with Crippen molar-refractivity contribution < 1.29 is 42.0 Å². The van der Waals surface area contributed by atoms with Crippen molar-refractivity contribution in [2.24, 2.45) is 0 Å². The van der Waals surface area contributed by atoms with E-state index in [0.717, 1.165) is 4.68 Å². The highest BCUT2D eigenvalue weighted by Crippen LogP contribution is 2.37. The lowest BCUT2D eigenvalue weighted by Gasteiger charge is -2.43. The molecule has 0 bridgehead atoms. The van der Waals surface area contributed by atoms with Crippen LogP contribution in [0.3, 0.4) is 0 Å². The third-order valence-corrected chi connectivity index (χ3v) is 7.26. The summed E-state index contributed by atoms with van der Waals surface area (Å²) in [6, 6.07) is 0.219. The Hall–Kier alpha value is -2.69. The van der Waals surface area contributed by atoms with Gasteiger partial charge in [0.2, 0.25) is 0 Å². The molecule has 2 aromatic heterocycles. The van der Waals surface area contributed by atoms with Gasteiger partial charge in [0, 0.05) is 31.9 Å². The molecule has 2 aliphatic heterocycles. The molecule has 39 heavy (non-hydrogen) atoms. The van der Waals surface area contributed by atoms with Crippen LogP contribution in [-0.2, 0) is 20.6 Å². The summed E-state index contributed by atoms with van der Waals surface area (Å²) < 4.78 is 75.9. The van der Waals surface area contributed by atoms with Crippen LogP contribution in [0.1, 0.15) is 24.2 Å². The highest BCUT2D eigenvalue weighted by atomic mass is 35.5. The first-order chi connectivity index (χ1) is 18.6. The van der Waals surface area contributed by atoms with Gasteiger partial charge < -0.3 is 24.4 Å². The molecule has 0 radical (unpaired) electrons. The van der Waals surface area contributed by atoms with Crippen molar-refractivity contribution in [1.29, 1.82) is 0 Å². The third kappa shape index (κ3) is 5.26. The van der Waals surface area contributed by atoms with E-state index in [1.807, 2.05) is 0 Å². The largest absolute Gasteiger partial charge is 0.394 e. The lowest BCUT2D eigenvalue weighted by molar-refractivity contribution is -0.212. The van der Waals surface area contributed by atoms with Crippen LogP contribution < -0.4 is 0 Å². The molecule has 16 heteroatoms. The third-order valence-electron chi connectivity index (χ3n) is 6.97. The molecule has 0 unspecified atom stereocenters. The van der Waals surface area contributed by atoms with Crippen LogP contribution in [0.4, 0.5) is 17.6 Å². The second-order valence-corrected chi connectivity index (χ2v) is 9.80. The van der Waals surface area contributed by atoms with Crippen LogP contribution in [0.15, 0.2) is 24.5 Å². The van der Waals surface area contributed by atoms with Gasteiger partial charge >= 0.3 is 0 Å². The number of alkyl halides is 2. The Labute approximate surface area is 224 Å². The van der Waals surface area contributed by atoms with Crippen molar-refractivity contribution in [3.05, 3.63) is 46.9 Å². The van der Waals surface area contributed by atoms with E-state index in [-0.39, 0.29) is 30.7 Å². The zero-order valence-corrected chi connectivity index (χ0v) is 21.3. The first-order valence-corrected chi connectivity index (χ1v) is 12.4. The molecule has 2 fully saturated rings. The minimum Gasteiger partial charge on any atom is -0.394 e. The molecule has 6 atom stereocenters. The zero-order valence-electron chi connectivity index (χ0n) is 20.5. The van der Waals surface area contributed by atoms with Gasteiger partial charge in [0.25, 0.3) is 5.92 Å². The molecule has 0 amide bonds. The average molecular weight is 577 g/mol. The summed E-state index contributed by atoms with van der Waals surface area (Å²) in [6.07, 6.45) is -1.38. The smallest absolute Gasteiger partial charge is 0.292 e. The Balaban J connectivity index is 1.41. The fourth-order valence-electron chi connectivity index (χ4n) is 5.00. The van der Waals surface area contributed by atoms with Gasteiger partial charge in [0.05, 0.1) is 29.6 Å². The molecule has 4 heterocycles. The quantitative estimate of drug-likeness (QED) is 0.320. The monoisotopic (exact) mass is 576 g/mol. The van der Waals surface area contributed by atoms with E-state index < -0.39 is 72.3 Å². The van der Waals surface area contributed by atoms with Crippen molar-refractivity contribution in [3.8, 4) is 11.3 Å². The molecule has 212 valence electrons. The van der Waals surface area contributed by atoms with Gasteiger partial charge in [-0.25, -0.2) is 26.9 Å². The maximum Gasteiger partial charge on any atom is 0.292 e. The summed E-state index contributed by atoms with van der Waals surface area (Å²) >= 11 is 5.63. The number of aliphatic hydroxyl groups is 2. The van der Waals surface area contributed by atoms with Crippen molar-refractivity contribution in [2.75, 3.05) is 26.9 Å². The van der Waals surface area contributed by atoms with Crippen molar-refractivity contribution in [2.45, 2.75) is 55.3 Å². The summed E-state index contributed by atoms with van der Waals surface area (Å²) in [7, 11) is 1.37. The molecule has 0 saturated carbocycles. The molecule has 0 spiro atoms. The fraction of sp³-hybridized carbons (Fsp3) is 0.565. The van der Waals surface area contributed by atoms with E-state index in [0.29, 0.717) is 5.69 Å². The number of halogens is 5. The number of rotatable bonds is 7. The Morgan fingerprint density at radius 3 is 2.62 bits per heavy atom. The van der Waals surface area contributed by atoms with Gasteiger partial charge in [-0.05, 0) is 18.6 Å². The SMILES string of the molecule is CO[C@@H]1[C@@H](n2cc(-c3ccc(Cl)c(F)c3F)nn2)[C@@H](O)[C@@H](CO)O[C@@H]1Cc1cn([C@@H]2CCOCC2(F)F)nn1. The van der Waals surface area contributed by atoms with Crippen molar-refractivity contribution in [1.82, 2.24) is 30.0 Å². The summed E-state index contributed by atoms with van der Waals surface area (Å²) in [5, 5.41) is 36.2. The van der Waals surface area contributed by atoms with E-state index >= 15 is 0 Å². The fourth-order valence-corrected chi connectivity index (χ4v) is 5.15. The minimum absolute atomic E-state index is 0.0333. The molecule has 5 rings (SSSR count). The number of ether oxygens (including phenoxy) is 3. The summed E-state index contributed by atoms with van der Waals surface area (Å²) in [4.78, 5) is 0. The number of aliphatic hydroxyl groups excluding tert-OH is 2. The van der Waals surface area contributed by atoms with Crippen LogP contribution in [0, 0.1) is 11.6 Å². The Morgan fingerprint density at radius 1 is 1.13 bits per heavy atom. The van der Waals surface area contributed by atoms with E-state index in [2.05, 4.69) is 20.6 Å². The molecule has 2 aliphatic rings. The number of benzene rings is 1. The molecule has 2 saturated heterocycles. The standard InChI is InChI=1S/C23H25ClF4N6O5/c1-37-22-15(6-11-7-33(31-29-11)17-4-5-38-10-23(17,27)28)39-16(9-35)21(36)20(22)34-8-14(30-32-34)12-2-3-13(24)19(26)18(12)25/h2-3,7-8,15-17,20-22,35-36H,4-6,9-10H2,1H3/t15-,16-,17-,20+,21+,22+/m1/s1. The van der Waals surface area contributed by atoms with Gasteiger partial charge in [0.1, 0.15) is 42.7 Å². The number of hydrogen-bond acceptors (Lipinski definition) is 9. The van der Waals surface area contributed by atoms with Gasteiger partial charge in [-0.15, -0.1) is 10.2 Å². The predicted octanol–water partition coefficient (Wildman–Crippen LogP) is 1.98. The van der Waals surface area contributed by atoms with Crippen LogP contribution in [0.25, 0.3) is 11.3 Å². The van der Waals surface area contributed by atoms with E-state index in [4.69, 9.17) is 25.8 Å². The number of methoxy groups -OCH3 is 1. The summed E-state index contributed by atoms with van der Waals surface area (Å²) in [5.74, 6) is -5.57. The summed E-state index contributed by atoms with van der Waals surface area (Å²) in [5.41, 5.74) is 0.0821. The molecule has 1 aromatic carbocycles. The molecule has 11 nitrogen and oxygen atoms in total. The molecular formula is C23H25ClF4N6O5. The highest BCUT2D eigenvalue weighted by Gasteiger charge is 2.48. The molecule has 0 aliphatic carbocycles. The Bertz CT molecular complexity index is 1310. The minimum atomic E-state index is -3.12. The zero-order chi connectivity index (χ0) is 27.9. The van der Waals surface area contributed by atoms with Gasteiger partial charge in [-0.1, -0.05) is 22.0 Å². The average Bonchev–Trinajstić information content (AvgIpc) is 3.57. The lowest BCUT2D eigenvalue weighted by atomic mass is 9.90. The van der Waals surface area contributed by atoms with E-state index in [1.54, 1.807) is 0 Å². The van der Waals surface area contributed by atoms with Crippen LogP contribution in [-0.4, -0.2) is 97.5 Å². The lowest BCUT2D eigenvalue weighted by Crippen LogP contribution is -2.57. The van der Waals surface area contributed by atoms with Crippen LogP contribution in [0.5, 0.6) is 0 Å². The van der Waals surface area contributed by atoms with E-state index in [1.165, 1.54) is 36.3 Å². The maximum absolute atomic E-state index is 14.5. The summed E-state index contributed by atoms with van der Waals surface area (Å²) in [6.45, 7) is -1.12. The highest BCUT2D eigenvalue weighted by molar-refractivity contribution is 6.30. The van der Waals surface area contributed by atoms with Gasteiger partial charge in [-0.2, -0.15) is 0 Å². The predicted molar refractivity (Wildman–Crippen MR) is 125 cm³/mol. The second-order valence-electron chi connectivity index (χ2n) is 9.40. The van der Waals surface area contributed by atoms with Gasteiger partial charge in [-0.3, -0.25) is 0 Å². The van der Waals surface area contributed by atoms with E-state index in [9.17, 15) is 27.8 Å². The molecule has 3 aromatic rings. The Morgan fingerprint density at radius 2 is 1.90 bits per heavy atom. The molecular weight excluding hydrogens is 552 g/mol. The van der Waals surface area contributed by atoms with Crippen molar-refractivity contribution in [3.63, 3.8) is 0 Å². The van der Waals surface area contributed by atoms with Crippen molar-refractivity contribution >= 4 is 11.6 Å². The van der Waals surface area contributed by atoms with Gasteiger partial charge in [0.15, 0.2) is 11.6 Å². The first-order valence-electron chi connectivity index (χ1n) is 12.0. The number of nitrogens with zero attached hydrogens (tertiary/aromatic N) is 6. The Kier molecular flexibility index (Phi) is 7.90. The molecule has 2 N–H and O–H groups in total. The first kappa shape index (κ1) is 27.9. The normalized spacial score (nSPS) is 29.0. The maximum atomic E-state index is 14.5. The van der Waals surface area contributed by atoms with Crippen LogP contribution >= 0.6 is 11.6 Å². The number of hydrogen-bond donors (Lipinski definition) is 2. The van der Waals surface area contributed by atoms with Crippen LogP contribution in [0.2, 0.25) is 5.02 Å². The topological polar surface area (TPSA) is 130 Å². The number of aromatic nitrogens is 6. The second kappa shape index (κ2) is 11.1.